The molecule has 0 unspecified atom stereocenters. The van der Waals surface area contributed by atoms with Crippen molar-refractivity contribution in [3.05, 3.63) is 65.2 Å². The normalized spacial score (nSPS) is 15.7. The van der Waals surface area contributed by atoms with E-state index in [4.69, 9.17) is 16.3 Å². The fourth-order valence-corrected chi connectivity index (χ4v) is 3.23. The highest BCUT2D eigenvalue weighted by atomic mass is 35.5. The summed E-state index contributed by atoms with van der Waals surface area (Å²) in [5.41, 5.74) is 1.33. The van der Waals surface area contributed by atoms with E-state index in [1.807, 2.05) is 6.07 Å². The zero-order valence-corrected chi connectivity index (χ0v) is 14.9. The maximum Gasteiger partial charge on any atom is 0.258 e. The molecular weight excluding hydrogens is 336 g/mol. The summed E-state index contributed by atoms with van der Waals surface area (Å²) >= 11 is 5.90. The zero-order valence-electron chi connectivity index (χ0n) is 14.2. The topological polar surface area (TPSA) is 41.6 Å². The molecule has 1 N–H and O–H groups in total. The van der Waals surface area contributed by atoms with Crippen molar-refractivity contribution >= 4 is 17.5 Å². The van der Waals surface area contributed by atoms with Gasteiger partial charge >= 0.3 is 0 Å². The monoisotopic (exact) mass is 358 g/mol. The Balaban J connectivity index is 1.37. The molecule has 0 radical (unpaired) electrons. The van der Waals surface area contributed by atoms with Crippen molar-refractivity contribution in [2.24, 2.45) is 0 Å². The molecule has 2 aromatic carbocycles. The Labute approximate surface area is 153 Å². The number of piperidine rings is 1. The summed E-state index contributed by atoms with van der Waals surface area (Å²) in [4.78, 5) is 14.5. The highest BCUT2D eigenvalue weighted by Crippen LogP contribution is 2.17. The third-order valence-electron chi connectivity index (χ3n) is 4.37. The molecular formula is C20H23ClN2O2. The van der Waals surface area contributed by atoms with Gasteiger partial charge in [0.1, 0.15) is 5.75 Å². The van der Waals surface area contributed by atoms with Gasteiger partial charge in [-0.15, -0.1) is 0 Å². The highest BCUT2D eigenvalue weighted by Gasteiger charge is 2.20. The van der Waals surface area contributed by atoms with Crippen LogP contribution in [0.4, 0.5) is 0 Å². The van der Waals surface area contributed by atoms with E-state index in [0.717, 1.165) is 32.5 Å². The Morgan fingerprint density at radius 2 is 1.88 bits per heavy atom. The first-order valence-electron chi connectivity index (χ1n) is 8.63. The number of amides is 1. The van der Waals surface area contributed by atoms with Crippen LogP contribution in [0.15, 0.2) is 54.6 Å². The number of nitrogens with zero attached hydrogens (tertiary/aromatic N) is 1. The van der Waals surface area contributed by atoms with Gasteiger partial charge in [-0.3, -0.25) is 9.69 Å². The molecule has 0 bridgehead atoms. The molecule has 0 atom stereocenters. The fraction of sp³-hybridized carbons (Fsp3) is 0.350. The Morgan fingerprint density at radius 3 is 2.60 bits per heavy atom. The molecule has 1 aliphatic heterocycles. The standard InChI is InChI=1S/C20H23ClN2O2/c21-17-7-4-8-19(13-17)25-15-20(24)22-18-9-11-23(12-10-18)14-16-5-2-1-3-6-16/h1-8,13,18H,9-12,14-15H2,(H,22,24). The van der Waals surface area contributed by atoms with E-state index < -0.39 is 0 Å². The average molecular weight is 359 g/mol. The number of hydrogen-bond donors (Lipinski definition) is 1. The van der Waals surface area contributed by atoms with Crippen LogP contribution in [-0.4, -0.2) is 36.5 Å². The first kappa shape index (κ1) is 17.8. The lowest BCUT2D eigenvalue weighted by Gasteiger charge is -2.32. The van der Waals surface area contributed by atoms with Crippen molar-refractivity contribution in [1.29, 1.82) is 0 Å². The van der Waals surface area contributed by atoms with Crippen LogP contribution in [0.5, 0.6) is 5.75 Å². The molecule has 0 saturated carbocycles. The predicted molar refractivity (Wildman–Crippen MR) is 99.8 cm³/mol. The maximum atomic E-state index is 12.1. The molecule has 5 heteroatoms. The minimum atomic E-state index is -0.0820. The van der Waals surface area contributed by atoms with Gasteiger partial charge in [-0.05, 0) is 36.6 Å². The van der Waals surface area contributed by atoms with Crippen molar-refractivity contribution < 1.29 is 9.53 Å². The number of carbonyl (C=O) groups excluding carboxylic acids is 1. The molecule has 1 fully saturated rings. The number of ether oxygens (including phenoxy) is 1. The van der Waals surface area contributed by atoms with E-state index in [1.54, 1.807) is 24.3 Å². The lowest BCUT2D eigenvalue weighted by molar-refractivity contribution is -0.124. The quantitative estimate of drug-likeness (QED) is 0.859. The van der Waals surface area contributed by atoms with E-state index in [9.17, 15) is 4.79 Å². The Morgan fingerprint density at radius 1 is 1.12 bits per heavy atom. The molecule has 0 aromatic heterocycles. The van der Waals surface area contributed by atoms with Gasteiger partial charge in [0.2, 0.25) is 0 Å². The fourth-order valence-electron chi connectivity index (χ4n) is 3.05. The number of halogens is 1. The van der Waals surface area contributed by atoms with E-state index >= 15 is 0 Å². The molecule has 0 spiro atoms. The van der Waals surface area contributed by atoms with Gasteiger partial charge in [-0.2, -0.15) is 0 Å². The summed E-state index contributed by atoms with van der Waals surface area (Å²) in [6.45, 7) is 2.98. The molecule has 0 aliphatic carbocycles. The predicted octanol–water partition coefficient (Wildman–Crippen LogP) is 3.50. The van der Waals surface area contributed by atoms with Crippen LogP contribution in [0.25, 0.3) is 0 Å². The number of benzene rings is 2. The molecule has 2 aromatic rings. The van der Waals surface area contributed by atoms with Gasteiger partial charge in [-0.25, -0.2) is 0 Å². The number of rotatable bonds is 6. The third-order valence-corrected chi connectivity index (χ3v) is 4.60. The van der Waals surface area contributed by atoms with E-state index in [-0.39, 0.29) is 18.6 Å². The van der Waals surface area contributed by atoms with Crippen molar-refractivity contribution in [1.82, 2.24) is 10.2 Å². The third kappa shape index (κ3) is 5.76. The lowest BCUT2D eigenvalue weighted by Crippen LogP contribution is -2.45. The first-order chi connectivity index (χ1) is 12.2. The van der Waals surface area contributed by atoms with E-state index in [2.05, 4.69) is 34.5 Å². The number of nitrogens with one attached hydrogen (secondary N) is 1. The summed E-state index contributed by atoms with van der Waals surface area (Å²) in [6.07, 6.45) is 1.94. The molecule has 4 nitrogen and oxygen atoms in total. The van der Waals surface area contributed by atoms with E-state index in [0.29, 0.717) is 10.8 Å². The Kier molecular flexibility index (Phi) is 6.31. The second-order valence-electron chi connectivity index (χ2n) is 6.35. The Bertz CT molecular complexity index is 685. The second kappa shape index (κ2) is 8.88. The van der Waals surface area contributed by atoms with Crippen LogP contribution >= 0.6 is 11.6 Å². The molecule has 1 aliphatic rings. The number of hydrogen-bond acceptors (Lipinski definition) is 3. The highest BCUT2D eigenvalue weighted by molar-refractivity contribution is 6.30. The van der Waals surface area contributed by atoms with E-state index in [1.165, 1.54) is 5.56 Å². The summed E-state index contributed by atoms with van der Waals surface area (Å²) in [7, 11) is 0. The van der Waals surface area contributed by atoms with Crippen molar-refractivity contribution in [3.63, 3.8) is 0 Å². The SMILES string of the molecule is O=C(COc1cccc(Cl)c1)NC1CCN(Cc2ccccc2)CC1. The lowest BCUT2D eigenvalue weighted by atomic mass is 10.0. The largest absolute Gasteiger partial charge is 0.484 e. The van der Waals surface area contributed by atoms with Crippen molar-refractivity contribution in [2.75, 3.05) is 19.7 Å². The van der Waals surface area contributed by atoms with Crippen LogP contribution in [-0.2, 0) is 11.3 Å². The molecule has 1 saturated heterocycles. The maximum absolute atomic E-state index is 12.1. The van der Waals surface area contributed by atoms with Gasteiger partial charge in [0, 0.05) is 30.7 Å². The zero-order chi connectivity index (χ0) is 17.5. The second-order valence-corrected chi connectivity index (χ2v) is 6.79. The van der Waals surface area contributed by atoms with Gasteiger partial charge < -0.3 is 10.1 Å². The molecule has 25 heavy (non-hydrogen) atoms. The van der Waals surface area contributed by atoms with Gasteiger partial charge in [0.25, 0.3) is 5.91 Å². The minimum Gasteiger partial charge on any atom is -0.484 e. The Hall–Kier alpha value is -2.04. The van der Waals surface area contributed by atoms with Crippen LogP contribution in [0, 0.1) is 0 Å². The average Bonchev–Trinajstić information content (AvgIpc) is 2.63. The number of likely N-dealkylation sites (tertiary alicyclic amines) is 1. The smallest absolute Gasteiger partial charge is 0.258 e. The van der Waals surface area contributed by atoms with Crippen LogP contribution in [0.2, 0.25) is 5.02 Å². The summed E-state index contributed by atoms with van der Waals surface area (Å²) in [5.74, 6) is 0.529. The molecule has 3 rings (SSSR count). The minimum absolute atomic E-state index is 0.0184. The summed E-state index contributed by atoms with van der Waals surface area (Å²) in [6, 6.07) is 17.8. The molecule has 1 heterocycles. The van der Waals surface area contributed by atoms with Gasteiger partial charge in [0.15, 0.2) is 6.61 Å². The summed E-state index contributed by atoms with van der Waals surface area (Å²) < 4.78 is 5.48. The van der Waals surface area contributed by atoms with Crippen LogP contribution in [0.3, 0.4) is 0 Å². The molecule has 132 valence electrons. The van der Waals surface area contributed by atoms with Gasteiger partial charge in [0.05, 0.1) is 0 Å². The van der Waals surface area contributed by atoms with Crippen molar-refractivity contribution in [3.8, 4) is 5.75 Å². The van der Waals surface area contributed by atoms with Crippen molar-refractivity contribution in [2.45, 2.75) is 25.4 Å². The van der Waals surface area contributed by atoms with Crippen LogP contribution in [0.1, 0.15) is 18.4 Å². The first-order valence-corrected chi connectivity index (χ1v) is 9.01. The summed E-state index contributed by atoms with van der Waals surface area (Å²) in [5, 5.41) is 3.67. The molecule has 1 amide bonds. The number of carbonyl (C=O) groups is 1. The van der Waals surface area contributed by atoms with Crippen LogP contribution < -0.4 is 10.1 Å². The van der Waals surface area contributed by atoms with Gasteiger partial charge in [-0.1, -0.05) is 48.0 Å².